The largest absolute Gasteiger partial charge is 0.397 e. The Bertz CT molecular complexity index is 521. The van der Waals surface area contributed by atoms with Crippen molar-refractivity contribution in [3.63, 3.8) is 0 Å². The first kappa shape index (κ1) is 12.8. The lowest BCUT2D eigenvalue weighted by Crippen LogP contribution is -2.04. The zero-order valence-corrected chi connectivity index (χ0v) is 11.0. The van der Waals surface area contributed by atoms with Crippen LogP contribution in [-0.4, -0.2) is 0 Å². The van der Waals surface area contributed by atoms with Gasteiger partial charge in [0, 0.05) is 16.6 Å². The van der Waals surface area contributed by atoms with Crippen LogP contribution in [0, 0.1) is 11.6 Å². The zero-order valence-electron chi connectivity index (χ0n) is 9.38. The minimum atomic E-state index is -0.395. The van der Waals surface area contributed by atoms with Gasteiger partial charge in [0.15, 0.2) is 0 Å². The highest BCUT2D eigenvalue weighted by molar-refractivity contribution is 9.10. The molecule has 94 valence electrons. The van der Waals surface area contributed by atoms with Gasteiger partial charge in [-0.1, -0.05) is 22.0 Å². The van der Waals surface area contributed by atoms with Crippen LogP contribution in [0.1, 0.15) is 5.56 Å². The number of nitrogen functional groups attached to an aromatic ring is 1. The molecule has 0 aromatic heterocycles. The predicted octanol–water partition coefficient (Wildman–Crippen LogP) is 3.92. The predicted molar refractivity (Wildman–Crippen MR) is 72.2 cm³/mol. The Morgan fingerprint density at radius 3 is 2.56 bits per heavy atom. The van der Waals surface area contributed by atoms with Crippen LogP contribution >= 0.6 is 15.9 Å². The van der Waals surface area contributed by atoms with E-state index < -0.39 is 5.82 Å². The summed E-state index contributed by atoms with van der Waals surface area (Å²) in [6.45, 7) is 0.287. The number of rotatable bonds is 3. The van der Waals surface area contributed by atoms with Crippen LogP contribution < -0.4 is 11.1 Å². The summed E-state index contributed by atoms with van der Waals surface area (Å²) in [5.41, 5.74) is 7.04. The summed E-state index contributed by atoms with van der Waals surface area (Å²) in [7, 11) is 0. The van der Waals surface area contributed by atoms with Crippen molar-refractivity contribution in [1.82, 2.24) is 0 Å². The van der Waals surface area contributed by atoms with E-state index in [4.69, 9.17) is 5.73 Å². The summed E-state index contributed by atoms with van der Waals surface area (Å²) in [4.78, 5) is 0. The highest BCUT2D eigenvalue weighted by atomic mass is 79.9. The molecular formula is C13H11BrF2N2. The Morgan fingerprint density at radius 1 is 1.11 bits per heavy atom. The van der Waals surface area contributed by atoms with Crippen LogP contribution in [0.2, 0.25) is 0 Å². The van der Waals surface area contributed by atoms with Gasteiger partial charge in [-0.15, -0.1) is 0 Å². The fourth-order valence-corrected chi connectivity index (χ4v) is 1.88. The van der Waals surface area contributed by atoms with Gasteiger partial charge in [0.2, 0.25) is 0 Å². The van der Waals surface area contributed by atoms with Gasteiger partial charge in [-0.2, -0.15) is 0 Å². The first-order chi connectivity index (χ1) is 8.56. The minimum Gasteiger partial charge on any atom is -0.397 e. The molecule has 0 aliphatic heterocycles. The molecule has 2 aromatic carbocycles. The molecule has 0 heterocycles. The number of halogens is 3. The summed E-state index contributed by atoms with van der Waals surface area (Å²) >= 11 is 3.19. The molecule has 0 aliphatic carbocycles. The van der Waals surface area contributed by atoms with Crippen molar-refractivity contribution in [3.05, 3.63) is 58.1 Å². The standard InChI is InChI=1S/C13H11BrF2N2/c14-9-2-1-8(11(16)5-9)7-18-13-4-3-10(15)6-12(13)17/h1-6,18H,7,17H2. The van der Waals surface area contributed by atoms with E-state index in [0.29, 0.717) is 21.4 Å². The first-order valence-electron chi connectivity index (χ1n) is 5.29. The fourth-order valence-electron chi connectivity index (χ4n) is 1.55. The Labute approximate surface area is 112 Å². The summed E-state index contributed by atoms with van der Waals surface area (Å²) in [5, 5.41) is 2.97. The van der Waals surface area contributed by atoms with E-state index in [-0.39, 0.29) is 12.4 Å². The SMILES string of the molecule is Nc1cc(F)ccc1NCc1ccc(Br)cc1F. The normalized spacial score (nSPS) is 10.4. The summed E-state index contributed by atoms with van der Waals surface area (Å²) in [6.07, 6.45) is 0. The maximum atomic E-state index is 13.6. The average Bonchev–Trinajstić information content (AvgIpc) is 2.30. The molecule has 2 rings (SSSR count). The molecule has 0 amide bonds. The second kappa shape index (κ2) is 5.35. The van der Waals surface area contributed by atoms with Crippen LogP contribution in [-0.2, 0) is 6.54 Å². The molecule has 0 saturated carbocycles. The highest BCUT2D eigenvalue weighted by Gasteiger charge is 2.04. The lowest BCUT2D eigenvalue weighted by molar-refractivity contribution is 0.612. The van der Waals surface area contributed by atoms with Crippen molar-refractivity contribution in [2.45, 2.75) is 6.54 Å². The molecule has 0 saturated heterocycles. The quantitative estimate of drug-likeness (QED) is 0.843. The maximum absolute atomic E-state index is 13.6. The number of anilines is 2. The summed E-state index contributed by atoms with van der Waals surface area (Å²) in [5.74, 6) is -0.703. The van der Waals surface area contributed by atoms with Gasteiger partial charge in [-0.05, 0) is 30.3 Å². The third-order valence-corrected chi connectivity index (χ3v) is 2.99. The van der Waals surface area contributed by atoms with Gasteiger partial charge in [0.1, 0.15) is 11.6 Å². The zero-order chi connectivity index (χ0) is 13.1. The molecule has 5 heteroatoms. The van der Waals surface area contributed by atoms with E-state index in [2.05, 4.69) is 21.2 Å². The second-order valence-corrected chi connectivity index (χ2v) is 4.74. The van der Waals surface area contributed by atoms with E-state index in [9.17, 15) is 8.78 Å². The van der Waals surface area contributed by atoms with Gasteiger partial charge >= 0.3 is 0 Å². The van der Waals surface area contributed by atoms with Crippen LogP contribution in [0.4, 0.5) is 20.2 Å². The summed E-state index contributed by atoms with van der Waals surface area (Å²) in [6, 6.07) is 8.88. The molecule has 0 bridgehead atoms. The number of benzene rings is 2. The molecule has 2 aromatic rings. The van der Waals surface area contributed by atoms with Crippen molar-refractivity contribution in [1.29, 1.82) is 0 Å². The topological polar surface area (TPSA) is 38.0 Å². The Hall–Kier alpha value is -1.62. The van der Waals surface area contributed by atoms with E-state index >= 15 is 0 Å². The molecule has 18 heavy (non-hydrogen) atoms. The molecule has 0 atom stereocenters. The second-order valence-electron chi connectivity index (χ2n) is 3.82. The van der Waals surface area contributed by atoms with Gasteiger partial charge in [0.25, 0.3) is 0 Å². The molecule has 0 spiro atoms. The smallest absolute Gasteiger partial charge is 0.129 e. The fraction of sp³-hybridized carbons (Fsp3) is 0.0769. The minimum absolute atomic E-state index is 0.287. The number of nitrogens with two attached hydrogens (primary N) is 1. The highest BCUT2D eigenvalue weighted by Crippen LogP contribution is 2.21. The number of nitrogens with one attached hydrogen (secondary N) is 1. The van der Waals surface area contributed by atoms with Crippen molar-refractivity contribution in [2.75, 3.05) is 11.1 Å². The lowest BCUT2D eigenvalue weighted by atomic mass is 10.2. The average molecular weight is 313 g/mol. The van der Waals surface area contributed by atoms with E-state index in [0.717, 1.165) is 0 Å². The van der Waals surface area contributed by atoms with Crippen LogP contribution in [0.3, 0.4) is 0 Å². The van der Waals surface area contributed by atoms with Crippen molar-refractivity contribution >= 4 is 27.3 Å². The molecule has 0 unspecified atom stereocenters. The first-order valence-corrected chi connectivity index (χ1v) is 6.08. The number of hydrogen-bond acceptors (Lipinski definition) is 2. The molecular weight excluding hydrogens is 302 g/mol. The Kier molecular flexibility index (Phi) is 3.81. The molecule has 0 fully saturated rings. The molecule has 0 aliphatic rings. The molecule has 2 nitrogen and oxygen atoms in total. The molecule has 3 N–H and O–H groups in total. The third kappa shape index (κ3) is 2.98. The van der Waals surface area contributed by atoms with Crippen molar-refractivity contribution in [3.8, 4) is 0 Å². The monoisotopic (exact) mass is 312 g/mol. The maximum Gasteiger partial charge on any atom is 0.129 e. The van der Waals surface area contributed by atoms with Gasteiger partial charge < -0.3 is 11.1 Å². The molecule has 0 radical (unpaired) electrons. The van der Waals surface area contributed by atoms with Gasteiger partial charge in [0.05, 0.1) is 11.4 Å². The van der Waals surface area contributed by atoms with Gasteiger partial charge in [-0.25, -0.2) is 8.78 Å². The third-order valence-electron chi connectivity index (χ3n) is 2.50. The van der Waals surface area contributed by atoms with Crippen molar-refractivity contribution in [2.24, 2.45) is 0 Å². The van der Waals surface area contributed by atoms with Crippen LogP contribution in [0.15, 0.2) is 40.9 Å². The number of hydrogen-bond donors (Lipinski definition) is 2. The lowest BCUT2D eigenvalue weighted by Gasteiger charge is -2.10. The Morgan fingerprint density at radius 2 is 1.89 bits per heavy atom. The van der Waals surface area contributed by atoms with Crippen LogP contribution in [0.5, 0.6) is 0 Å². The van der Waals surface area contributed by atoms with Crippen molar-refractivity contribution < 1.29 is 8.78 Å². The summed E-state index contributed by atoms with van der Waals surface area (Å²) < 4.78 is 27.1. The van der Waals surface area contributed by atoms with Gasteiger partial charge in [-0.3, -0.25) is 0 Å². The van der Waals surface area contributed by atoms with Crippen LogP contribution in [0.25, 0.3) is 0 Å². The van der Waals surface area contributed by atoms with E-state index in [1.54, 1.807) is 12.1 Å². The van der Waals surface area contributed by atoms with E-state index in [1.807, 2.05) is 0 Å². The Balaban J connectivity index is 2.11. The van der Waals surface area contributed by atoms with E-state index in [1.165, 1.54) is 24.3 Å².